The molecule has 3 aliphatic rings. The minimum atomic E-state index is -4.29. The molecule has 276 valence electrons. The van der Waals surface area contributed by atoms with E-state index in [4.69, 9.17) is 14.1 Å². The average Bonchev–Trinajstić information content (AvgIpc) is 3.49. The Hall–Kier alpha value is -5.21. The zero-order chi connectivity index (χ0) is 37.7. The number of carbonyl (C=O) groups is 2. The van der Waals surface area contributed by atoms with Crippen LogP contribution in [0.1, 0.15) is 79.4 Å². The van der Waals surface area contributed by atoms with Crippen LogP contribution in [0.2, 0.25) is 0 Å². The number of nitrogens with one attached hydrogen (secondary N) is 2. The predicted octanol–water partition coefficient (Wildman–Crippen LogP) is 6.39. The van der Waals surface area contributed by atoms with Crippen molar-refractivity contribution in [3.05, 3.63) is 88.9 Å². The molecule has 3 aromatic heterocycles. The molecule has 0 saturated heterocycles. The Balaban J connectivity index is 1.16. The van der Waals surface area contributed by atoms with Gasteiger partial charge in [0.1, 0.15) is 23.7 Å². The van der Waals surface area contributed by atoms with E-state index < -0.39 is 22.0 Å². The number of carboxylic acid groups (broad SMARTS) is 1. The molecule has 5 aromatic rings. The molecular formula is C39H42N6O7S. The molecular weight excluding hydrogens is 697 g/mol. The summed E-state index contributed by atoms with van der Waals surface area (Å²) in [5.74, 6) is 0.208. The van der Waals surface area contributed by atoms with Crippen molar-refractivity contribution in [3.63, 3.8) is 0 Å². The summed E-state index contributed by atoms with van der Waals surface area (Å²) in [5, 5.41) is 12.9. The second-order valence-electron chi connectivity index (χ2n) is 15.3. The highest BCUT2D eigenvalue weighted by molar-refractivity contribution is 7.92. The number of carbonyl (C=O) groups excluding carboxylic acids is 1. The summed E-state index contributed by atoms with van der Waals surface area (Å²) < 4.78 is 41.5. The lowest BCUT2D eigenvalue weighted by atomic mass is 9.42. The first-order valence-corrected chi connectivity index (χ1v) is 19.0. The number of aromatic nitrogens is 4. The molecule has 0 spiro atoms. The molecule has 0 radical (unpaired) electrons. The molecule has 0 aliphatic heterocycles. The number of anilines is 1. The zero-order valence-electron chi connectivity index (χ0n) is 30.3. The van der Waals surface area contributed by atoms with Crippen LogP contribution in [0, 0.1) is 25.2 Å². The Kier molecular flexibility index (Phi) is 9.31. The molecule has 1 atom stereocenters. The quantitative estimate of drug-likeness (QED) is 0.114. The topological polar surface area (TPSA) is 186 Å². The number of fused-ring (bicyclic) bond motifs is 1. The monoisotopic (exact) mass is 738 g/mol. The maximum absolute atomic E-state index is 13.5. The Morgan fingerprint density at radius 3 is 2.40 bits per heavy atom. The Morgan fingerprint density at radius 1 is 1.02 bits per heavy atom. The van der Waals surface area contributed by atoms with E-state index in [-0.39, 0.29) is 51.9 Å². The maximum atomic E-state index is 13.5. The van der Waals surface area contributed by atoms with E-state index in [1.54, 1.807) is 12.3 Å². The van der Waals surface area contributed by atoms with Crippen LogP contribution in [0.15, 0.2) is 70.1 Å². The van der Waals surface area contributed by atoms with E-state index in [1.165, 1.54) is 18.2 Å². The molecule has 14 heteroatoms. The van der Waals surface area contributed by atoms with Gasteiger partial charge in [-0.1, -0.05) is 45.0 Å². The van der Waals surface area contributed by atoms with Crippen molar-refractivity contribution >= 4 is 39.0 Å². The molecule has 8 rings (SSSR count). The molecule has 3 N–H and O–H groups in total. The lowest BCUT2D eigenvalue weighted by Crippen LogP contribution is -2.58. The second kappa shape index (κ2) is 13.6. The van der Waals surface area contributed by atoms with E-state index in [0.29, 0.717) is 35.1 Å². The third kappa shape index (κ3) is 7.51. The molecule has 3 saturated carbocycles. The average molecular weight is 739 g/mol. The van der Waals surface area contributed by atoms with E-state index in [0.717, 1.165) is 47.8 Å². The highest BCUT2D eigenvalue weighted by Gasteiger charge is 2.60. The highest BCUT2D eigenvalue weighted by atomic mass is 32.2. The second-order valence-corrected chi connectivity index (χ2v) is 17.0. The van der Waals surface area contributed by atoms with Crippen LogP contribution >= 0.6 is 0 Å². The summed E-state index contributed by atoms with van der Waals surface area (Å²) in [7, 11) is -4.29. The molecule has 13 nitrogen and oxygen atoms in total. The number of nitrogens with zero attached hydrogens (tertiary/aromatic N) is 4. The first-order chi connectivity index (χ1) is 25.1. The minimum Gasteiger partial charge on any atom is -0.478 e. The van der Waals surface area contributed by atoms with Crippen LogP contribution in [-0.4, -0.2) is 57.9 Å². The number of ketones is 1. The van der Waals surface area contributed by atoms with Gasteiger partial charge in [0.25, 0.3) is 10.0 Å². The molecule has 0 amide bonds. The van der Waals surface area contributed by atoms with Gasteiger partial charge in [-0.3, -0.25) is 4.79 Å². The Morgan fingerprint density at radius 2 is 1.74 bits per heavy atom. The van der Waals surface area contributed by atoms with Gasteiger partial charge in [-0.05, 0) is 68.4 Å². The molecule has 2 bridgehead atoms. The number of furan rings is 1. The number of aromatic carboxylic acids is 1. The fourth-order valence-electron chi connectivity index (χ4n) is 7.07. The Labute approximate surface area is 307 Å². The summed E-state index contributed by atoms with van der Waals surface area (Å²) in [6.07, 6.45) is 4.68. The van der Waals surface area contributed by atoms with Crippen molar-refractivity contribution in [2.75, 3.05) is 11.3 Å². The van der Waals surface area contributed by atoms with Crippen LogP contribution in [0.3, 0.4) is 0 Å². The van der Waals surface area contributed by atoms with Crippen LogP contribution in [0.4, 0.5) is 5.95 Å². The van der Waals surface area contributed by atoms with Gasteiger partial charge in [-0.25, -0.2) is 32.9 Å². The summed E-state index contributed by atoms with van der Waals surface area (Å²) in [6.45, 7) is 10.4. The van der Waals surface area contributed by atoms with E-state index in [2.05, 4.69) is 45.8 Å². The van der Waals surface area contributed by atoms with Gasteiger partial charge in [0.2, 0.25) is 17.5 Å². The largest absolute Gasteiger partial charge is 0.478 e. The SMILES string of the molecule is Cc1cccc(C)c1-c1cc(OC[C@@H](CC(=O)C23CC(C2)C3)NCc2cnc3oc(C(C)(C)C)cc3n2)nc(NS(=O)(=O)c2cccc(C(=O)O)c2)n1. The van der Waals surface area contributed by atoms with Gasteiger partial charge in [-0.15, -0.1) is 0 Å². The van der Waals surface area contributed by atoms with Crippen LogP contribution in [0.5, 0.6) is 5.88 Å². The van der Waals surface area contributed by atoms with Gasteiger partial charge in [-0.2, -0.15) is 4.98 Å². The number of carboxylic acids is 1. The van der Waals surface area contributed by atoms with Gasteiger partial charge < -0.3 is 19.6 Å². The molecule has 3 aliphatic carbocycles. The number of aryl methyl sites for hydroxylation is 2. The van der Waals surface area contributed by atoms with Crippen molar-refractivity contribution in [3.8, 4) is 17.1 Å². The summed E-state index contributed by atoms with van der Waals surface area (Å²) in [5.41, 5.74) is 4.19. The standard InChI is InChI=1S/C39H42N6O7S/c1-22-8-6-9-23(2)34(22)29-15-33(44-37(43-29)45-53(49,50)28-11-7-10-25(12-28)36(47)48)51-21-26(13-31(46)39-16-24(17-39)18-39)40-19-27-20-41-35-30(42-27)14-32(52-35)38(3,4)5/h6-12,14-15,20,24,26,40H,13,16-19,21H2,1-5H3,(H,47,48)(H,43,44,45)/t24?,26-,39?/m1/s1. The minimum absolute atomic E-state index is 0.0385. The van der Waals surface area contributed by atoms with Crippen molar-refractivity contribution < 1.29 is 32.3 Å². The van der Waals surface area contributed by atoms with Crippen molar-refractivity contribution in [1.82, 2.24) is 25.3 Å². The maximum Gasteiger partial charge on any atom is 0.335 e. The van der Waals surface area contributed by atoms with Gasteiger partial charge >= 0.3 is 5.97 Å². The lowest BCUT2D eigenvalue weighted by molar-refractivity contribution is -0.163. The molecule has 3 fully saturated rings. The van der Waals surface area contributed by atoms with Crippen LogP contribution in [0.25, 0.3) is 22.5 Å². The van der Waals surface area contributed by atoms with Gasteiger partial charge in [0.15, 0.2) is 0 Å². The van der Waals surface area contributed by atoms with E-state index >= 15 is 0 Å². The number of Topliss-reactive ketones (excluding diaryl/α,β-unsaturated/α-hetero) is 1. The van der Waals surface area contributed by atoms with Gasteiger partial charge in [0, 0.05) is 47.5 Å². The normalized spacial score (nSPS) is 18.5. The predicted molar refractivity (Wildman–Crippen MR) is 197 cm³/mol. The number of benzene rings is 2. The number of rotatable bonds is 14. The first kappa shape index (κ1) is 36.2. The zero-order valence-corrected chi connectivity index (χ0v) is 31.1. The lowest BCUT2D eigenvalue weighted by Gasteiger charge is -2.60. The van der Waals surface area contributed by atoms with Crippen LogP contribution in [-0.2, 0) is 26.8 Å². The van der Waals surface area contributed by atoms with Crippen LogP contribution < -0.4 is 14.8 Å². The molecule has 2 aromatic carbocycles. The number of hydrogen-bond acceptors (Lipinski definition) is 11. The Bertz CT molecular complexity index is 2310. The molecule has 0 unspecified atom stereocenters. The number of sulfonamides is 1. The fourth-order valence-corrected chi connectivity index (χ4v) is 8.06. The van der Waals surface area contributed by atoms with E-state index in [9.17, 15) is 23.1 Å². The number of hydrogen-bond donors (Lipinski definition) is 3. The third-order valence-corrected chi connectivity index (χ3v) is 11.5. The van der Waals surface area contributed by atoms with Crippen molar-refractivity contribution in [2.45, 2.75) is 83.2 Å². The van der Waals surface area contributed by atoms with Crippen molar-refractivity contribution in [2.24, 2.45) is 11.3 Å². The van der Waals surface area contributed by atoms with E-state index in [1.807, 2.05) is 38.1 Å². The smallest absolute Gasteiger partial charge is 0.335 e. The summed E-state index contributed by atoms with van der Waals surface area (Å²) >= 11 is 0. The number of ether oxygens (including phenoxy) is 1. The molecule has 53 heavy (non-hydrogen) atoms. The van der Waals surface area contributed by atoms with Crippen molar-refractivity contribution in [1.29, 1.82) is 0 Å². The van der Waals surface area contributed by atoms with Gasteiger partial charge in [0.05, 0.1) is 28.0 Å². The summed E-state index contributed by atoms with van der Waals surface area (Å²) in [6, 6.07) is 13.9. The fraction of sp³-hybridized carbons (Fsp3) is 0.385. The first-order valence-electron chi connectivity index (χ1n) is 17.6. The highest BCUT2D eigenvalue weighted by Crippen LogP contribution is 2.65. The molecule has 3 heterocycles. The third-order valence-electron chi connectivity index (χ3n) is 10.2. The summed E-state index contributed by atoms with van der Waals surface area (Å²) in [4.78, 5) is 43.0.